The van der Waals surface area contributed by atoms with Gasteiger partial charge in [0.1, 0.15) is 52.5 Å². The summed E-state index contributed by atoms with van der Waals surface area (Å²) >= 11 is 0. The molecule has 386 valence electrons. The average molecular weight is 1010 g/mol. The molecule has 0 amide bonds. The molecule has 20 heteroatoms. The lowest BCUT2D eigenvalue weighted by Gasteiger charge is -2.34. The largest absolute Gasteiger partial charge is 0.508 e. The molecule has 0 saturated heterocycles. The van der Waals surface area contributed by atoms with Gasteiger partial charge in [0.15, 0.2) is 46.7 Å². The van der Waals surface area contributed by atoms with E-state index in [4.69, 9.17) is 52.1 Å². The summed E-state index contributed by atoms with van der Waals surface area (Å²) in [6.45, 7) is 3.36. The van der Waals surface area contributed by atoms with Crippen LogP contribution in [0.25, 0.3) is 0 Å². The first-order valence-electron chi connectivity index (χ1n) is 22.2. The molecule has 6 aromatic rings. The van der Waals surface area contributed by atoms with Crippen LogP contribution in [-0.4, -0.2) is 110 Å². The monoisotopic (exact) mass is 1010 g/mol. The van der Waals surface area contributed by atoms with E-state index in [1.54, 1.807) is 13.8 Å². The van der Waals surface area contributed by atoms with Crippen molar-refractivity contribution in [2.45, 2.75) is 51.1 Å². The van der Waals surface area contributed by atoms with E-state index in [1.165, 1.54) is 123 Å². The Hall–Kier alpha value is -8.94. The van der Waals surface area contributed by atoms with Gasteiger partial charge in [0, 0.05) is 59.4 Å². The van der Waals surface area contributed by atoms with E-state index in [0.717, 1.165) is 0 Å². The maximum atomic E-state index is 13.4. The zero-order valence-corrected chi connectivity index (χ0v) is 41.1. The number of esters is 2. The van der Waals surface area contributed by atoms with Crippen molar-refractivity contribution < 1.29 is 97.4 Å². The van der Waals surface area contributed by atoms with Crippen molar-refractivity contribution in [2.75, 3.05) is 49.8 Å². The maximum Gasteiger partial charge on any atom is 0.338 e. The number of carbonyl (C=O) groups excluding carboxylic acids is 2. The van der Waals surface area contributed by atoms with E-state index >= 15 is 0 Å². The lowest BCUT2D eigenvalue weighted by molar-refractivity contribution is -0.0192. The zero-order chi connectivity index (χ0) is 53.0. The average Bonchev–Trinajstić information content (AvgIpc) is 3.37. The molecule has 2 aliphatic rings. The van der Waals surface area contributed by atoms with Crippen LogP contribution in [0.4, 0.5) is 0 Å². The Kier molecular flexibility index (Phi) is 15.3. The summed E-state index contributed by atoms with van der Waals surface area (Å²) < 4.78 is 61.0. The van der Waals surface area contributed by atoms with Crippen molar-refractivity contribution in [2.24, 2.45) is 0 Å². The van der Waals surface area contributed by atoms with Crippen LogP contribution in [0.1, 0.15) is 66.3 Å². The predicted octanol–water partition coefficient (Wildman–Crippen LogP) is 7.79. The first-order valence-corrected chi connectivity index (χ1v) is 22.2. The molecule has 0 unspecified atom stereocenters. The van der Waals surface area contributed by atoms with E-state index in [-0.39, 0.29) is 110 Å². The van der Waals surface area contributed by atoms with E-state index < -0.39 is 36.4 Å². The fraction of sp³-hybridized carbons (Fsp3) is 0.283. The number of methoxy groups -OCH3 is 7. The van der Waals surface area contributed by atoms with E-state index in [9.17, 15) is 45.3 Å². The molecule has 7 N–H and O–H groups in total. The van der Waals surface area contributed by atoms with Crippen molar-refractivity contribution in [3.05, 3.63) is 117 Å². The highest BCUT2D eigenvalue weighted by molar-refractivity contribution is 5.92. The Balaban J connectivity index is 0.000000214. The van der Waals surface area contributed by atoms with Gasteiger partial charge >= 0.3 is 11.9 Å². The van der Waals surface area contributed by atoms with Crippen LogP contribution < -0.4 is 42.6 Å². The summed E-state index contributed by atoms with van der Waals surface area (Å²) in [5.74, 6) is -0.723. The molecule has 4 atom stereocenters. The second-order valence-electron chi connectivity index (χ2n) is 16.7. The number of hydrogen-bond acceptors (Lipinski definition) is 20. The standard InChI is InChI=1S/C27H28O11.C26H26O9/c1-32-19-6-13(7-20(33-2)24(19)30)25-23(12-16-17(29)10-15(28)11-18(16)37-25)38-27(31)14-8-21(34-3)26(36-5)22(9-14)35-4;1-12-5-15(6-13(2)23(12)29)26(31)35-22-11-17-18(28)9-16(27)10-19(17)34-25(22)14-7-20(32-3)24(30)21(8-14)33-4/h6-11,23,25,28-30H,12H2,1-5H3;5-10,22,25,27-30H,11H2,1-4H3/t23-,25-;22-,25-/m11/s1. The molecule has 2 aliphatic heterocycles. The molecule has 8 rings (SSSR count). The zero-order valence-electron chi connectivity index (χ0n) is 41.1. The van der Waals surface area contributed by atoms with Gasteiger partial charge in [0.25, 0.3) is 0 Å². The van der Waals surface area contributed by atoms with Gasteiger partial charge < -0.3 is 87.9 Å². The Morgan fingerprint density at radius 1 is 0.438 bits per heavy atom. The minimum absolute atomic E-state index is 0.0494. The van der Waals surface area contributed by atoms with E-state index in [0.29, 0.717) is 39.1 Å². The Morgan fingerprint density at radius 2 is 0.781 bits per heavy atom. The topological polar surface area (TPSA) is 277 Å². The highest BCUT2D eigenvalue weighted by atomic mass is 16.6. The molecule has 0 fully saturated rings. The summed E-state index contributed by atoms with van der Waals surface area (Å²) in [5, 5.41) is 71.5. The summed E-state index contributed by atoms with van der Waals surface area (Å²) in [6, 6.07) is 17.2. The second-order valence-corrected chi connectivity index (χ2v) is 16.7. The highest BCUT2D eigenvalue weighted by Crippen LogP contribution is 2.49. The third-order valence-electron chi connectivity index (χ3n) is 12.1. The fourth-order valence-corrected chi connectivity index (χ4v) is 8.51. The predicted molar refractivity (Wildman–Crippen MR) is 258 cm³/mol. The van der Waals surface area contributed by atoms with Gasteiger partial charge in [-0.05, 0) is 73.5 Å². The molecule has 0 bridgehead atoms. The van der Waals surface area contributed by atoms with Gasteiger partial charge in [-0.15, -0.1) is 0 Å². The minimum atomic E-state index is -0.955. The number of aryl methyl sites for hydroxylation is 2. The van der Waals surface area contributed by atoms with Gasteiger partial charge in [0.05, 0.1) is 60.9 Å². The van der Waals surface area contributed by atoms with Crippen LogP contribution in [0.3, 0.4) is 0 Å². The molecule has 20 nitrogen and oxygen atoms in total. The Bertz CT molecular complexity index is 2960. The summed E-state index contributed by atoms with van der Waals surface area (Å²) in [7, 11) is 9.85. The molecule has 0 aromatic heterocycles. The number of phenolic OH excluding ortho intramolecular Hbond substituents is 7. The Morgan fingerprint density at radius 3 is 1.11 bits per heavy atom. The van der Waals surface area contributed by atoms with E-state index in [2.05, 4.69) is 0 Å². The van der Waals surface area contributed by atoms with Crippen LogP contribution in [0.2, 0.25) is 0 Å². The molecule has 73 heavy (non-hydrogen) atoms. The summed E-state index contributed by atoms with van der Waals surface area (Å²) in [5.41, 5.74) is 3.07. The number of phenols is 7. The quantitative estimate of drug-likeness (QED) is 0.0544. The number of benzene rings is 6. The number of aromatic hydroxyl groups is 7. The molecular weight excluding hydrogens is 957 g/mol. The van der Waals surface area contributed by atoms with E-state index in [1.807, 2.05) is 0 Å². The third kappa shape index (κ3) is 10.6. The summed E-state index contributed by atoms with van der Waals surface area (Å²) in [4.78, 5) is 26.5. The van der Waals surface area contributed by atoms with Crippen molar-refractivity contribution >= 4 is 11.9 Å². The third-order valence-corrected chi connectivity index (χ3v) is 12.1. The molecule has 0 saturated carbocycles. The number of fused-ring (bicyclic) bond motifs is 2. The van der Waals surface area contributed by atoms with Crippen LogP contribution in [0, 0.1) is 13.8 Å². The second kappa shape index (κ2) is 21.6. The van der Waals surface area contributed by atoms with Gasteiger partial charge in [-0.3, -0.25) is 0 Å². The van der Waals surface area contributed by atoms with Crippen molar-refractivity contribution in [1.29, 1.82) is 0 Å². The highest BCUT2D eigenvalue weighted by Gasteiger charge is 2.39. The van der Waals surface area contributed by atoms with Crippen LogP contribution in [0.5, 0.6) is 92.0 Å². The number of ether oxygens (including phenoxy) is 11. The van der Waals surface area contributed by atoms with Crippen molar-refractivity contribution in [3.63, 3.8) is 0 Å². The first kappa shape index (κ1) is 51.9. The normalized spacial score (nSPS) is 16.3. The minimum Gasteiger partial charge on any atom is -0.508 e. The number of hydrogen-bond donors (Lipinski definition) is 7. The Labute approximate surface area is 418 Å². The maximum absolute atomic E-state index is 13.4. The van der Waals surface area contributed by atoms with Gasteiger partial charge in [-0.1, -0.05) is 0 Å². The fourth-order valence-electron chi connectivity index (χ4n) is 8.51. The first-order chi connectivity index (χ1) is 34.9. The van der Waals surface area contributed by atoms with Gasteiger partial charge in [0.2, 0.25) is 17.2 Å². The smallest absolute Gasteiger partial charge is 0.338 e. The molecule has 0 spiro atoms. The SMILES string of the molecule is COc1cc([C@H]2Oc3cc(O)cc(O)c3C[C@H]2OC(=O)c2cc(C)c(O)c(C)c2)cc(OC)c1O.COc1cc([C@H]2Oc3cc(O)cc(O)c3C[C@H]2OC(=O)c2cc(OC)c(OC)c(OC)c2)cc(OC)c1O. The number of carbonyl (C=O) groups is 2. The molecule has 0 aliphatic carbocycles. The number of rotatable bonds is 13. The lowest BCUT2D eigenvalue weighted by Crippen LogP contribution is -2.35. The van der Waals surface area contributed by atoms with Crippen molar-refractivity contribution in [1.82, 2.24) is 0 Å². The lowest BCUT2D eigenvalue weighted by atomic mass is 9.93. The molecular formula is C53H54O20. The van der Waals surface area contributed by atoms with Gasteiger partial charge in [-0.2, -0.15) is 0 Å². The van der Waals surface area contributed by atoms with Gasteiger partial charge in [-0.25, -0.2) is 9.59 Å². The molecule has 0 radical (unpaired) electrons. The summed E-state index contributed by atoms with van der Waals surface area (Å²) in [6.07, 6.45) is -3.55. The van der Waals surface area contributed by atoms with Crippen LogP contribution in [0.15, 0.2) is 72.8 Å². The molecule has 6 aromatic carbocycles. The van der Waals surface area contributed by atoms with Crippen LogP contribution in [-0.2, 0) is 22.3 Å². The van der Waals surface area contributed by atoms with Crippen LogP contribution >= 0.6 is 0 Å². The van der Waals surface area contributed by atoms with Crippen molar-refractivity contribution in [3.8, 4) is 92.0 Å². The molecule has 2 heterocycles.